The van der Waals surface area contributed by atoms with Gasteiger partial charge < -0.3 is 4.74 Å². The van der Waals surface area contributed by atoms with E-state index in [9.17, 15) is 4.79 Å². The molecule has 1 aromatic carbocycles. The number of aromatic nitrogens is 1. The fourth-order valence-electron chi connectivity index (χ4n) is 1.77. The first-order valence-electron chi connectivity index (χ1n) is 6.15. The first kappa shape index (κ1) is 12.2. The van der Waals surface area contributed by atoms with E-state index in [0.717, 1.165) is 18.6 Å². The largest absolute Gasteiger partial charge is 0.490 e. The van der Waals surface area contributed by atoms with E-state index in [-0.39, 0.29) is 5.78 Å². The quantitative estimate of drug-likeness (QED) is 0.632. The predicted molar refractivity (Wildman–Crippen MR) is 72.8 cm³/mol. The van der Waals surface area contributed by atoms with Gasteiger partial charge >= 0.3 is 0 Å². The van der Waals surface area contributed by atoms with Gasteiger partial charge in [-0.15, -0.1) is 0 Å². The molecule has 3 nitrogen and oxygen atoms in total. The van der Waals surface area contributed by atoms with Crippen LogP contribution in [0.3, 0.4) is 0 Å². The fourth-order valence-corrected chi connectivity index (χ4v) is 1.95. The molecule has 96 valence electrons. The molecular formula is C15H12ClNO2. The molecule has 0 atom stereocenters. The summed E-state index contributed by atoms with van der Waals surface area (Å²) in [6, 6.07) is 10.4. The second kappa shape index (κ2) is 5.02. The Kier molecular flexibility index (Phi) is 3.22. The van der Waals surface area contributed by atoms with Gasteiger partial charge in [0.25, 0.3) is 0 Å². The molecule has 1 aliphatic carbocycles. The van der Waals surface area contributed by atoms with Gasteiger partial charge in [-0.3, -0.25) is 4.79 Å². The van der Waals surface area contributed by atoms with E-state index in [4.69, 9.17) is 16.3 Å². The van der Waals surface area contributed by atoms with Crippen molar-refractivity contribution in [1.29, 1.82) is 0 Å². The zero-order valence-corrected chi connectivity index (χ0v) is 10.9. The maximum absolute atomic E-state index is 12.2. The number of pyridine rings is 1. The SMILES string of the molecule is O=C(c1ccc(OC2CC2)cc1)c1ccnc(Cl)c1. The van der Waals surface area contributed by atoms with Gasteiger partial charge in [0.15, 0.2) is 5.78 Å². The zero-order chi connectivity index (χ0) is 13.2. The van der Waals surface area contributed by atoms with Crippen LogP contribution in [0.25, 0.3) is 0 Å². The number of carbonyl (C=O) groups is 1. The van der Waals surface area contributed by atoms with Crippen LogP contribution in [0.5, 0.6) is 5.75 Å². The van der Waals surface area contributed by atoms with Crippen LogP contribution in [0.2, 0.25) is 5.15 Å². The number of ketones is 1. The van der Waals surface area contributed by atoms with Crippen molar-refractivity contribution < 1.29 is 9.53 Å². The van der Waals surface area contributed by atoms with Crippen LogP contribution in [0.1, 0.15) is 28.8 Å². The summed E-state index contributed by atoms with van der Waals surface area (Å²) in [6.07, 6.45) is 4.13. The van der Waals surface area contributed by atoms with Gasteiger partial charge in [-0.1, -0.05) is 11.6 Å². The molecule has 0 aliphatic heterocycles. The van der Waals surface area contributed by atoms with Crippen LogP contribution in [0, 0.1) is 0 Å². The first-order valence-corrected chi connectivity index (χ1v) is 6.53. The standard InChI is InChI=1S/C15H12ClNO2/c16-14-9-11(7-8-17-14)15(18)10-1-3-12(4-2-10)19-13-5-6-13/h1-4,7-9,13H,5-6H2. The van der Waals surface area contributed by atoms with Crippen molar-refractivity contribution in [3.05, 3.63) is 58.9 Å². The van der Waals surface area contributed by atoms with Gasteiger partial charge in [0, 0.05) is 17.3 Å². The summed E-state index contributed by atoms with van der Waals surface area (Å²) in [5.74, 6) is 0.745. The molecular weight excluding hydrogens is 262 g/mol. The van der Waals surface area contributed by atoms with Crippen molar-refractivity contribution in [2.24, 2.45) is 0 Å². The molecule has 0 bridgehead atoms. The van der Waals surface area contributed by atoms with Gasteiger partial charge in [0.05, 0.1) is 6.10 Å². The smallest absolute Gasteiger partial charge is 0.193 e. The van der Waals surface area contributed by atoms with Crippen molar-refractivity contribution in [2.45, 2.75) is 18.9 Å². The predicted octanol–water partition coefficient (Wildman–Crippen LogP) is 3.51. The molecule has 19 heavy (non-hydrogen) atoms. The van der Waals surface area contributed by atoms with Gasteiger partial charge in [0.2, 0.25) is 0 Å². The molecule has 0 unspecified atom stereocenters. The van der Waals surface area contributed by atoms with Crippen LogP contribution in [0.4, 0.5) is 0 Å². The lowest BCUT2D eigenvalue weighted by molar-refractivity contribution is 0.103. The van der Waals surface area contributed by atoms with E-state index < -0.39 is 0 Å². The van der Waals surface area contributed by atoms with Gasteiger partial charge in [-0.25, -0.2) is 4.98 Å². The summed E-state index contributed by atoms with van der Waals surface area (Å²) in [7, 11) is 0. The van der Waals surface area contributed by atoms with Crippen molar-refractivity contribution in [3.8, 4) is 5.75 Å². The van der Waals surface area contributed by atoms with Crippen molar-refractivity contribution in [1.82, 2.24) is 4.98 Å². The maximum atomic E-state index is 12.2. The Labute approximate surface area is 116 Å². The molecule has 0 amide bonds. The normalized spacial score (nSPS) is 14.2. The number of rotatable bonds is 4. The third kappa shape index (κ3) is 2.93. The number of benzene rings is 1. The van der Waals surface area contributed by atoms with Gasteiger partial charge in [0.1, 0.15) is 10.9 Å². The topological polar surface area (TPSA) is 39.2 Å². The average Bonchev–Trinajstić information content (AvgIpc) is 3.23. The molecule has 1 aromatic heterocycles. The number of ether oxygens (including phenoxy) is 1. The number of halogens is 1. The van der Waals surface area contributed by atoms with Crippen molar-refractivity contribution in [2.75, 3.05) is 0 Å². The van der Waals surface area contributed by atoms with Crippen molar-refractivity contribution in [3.63, 3.8) is 0 Å². The highest BCUT2D eigenvalue weighted by Crippen LogP contribution is 2.27. The molecule has 0 N–H and O–H groups in total. The van der Waals surface area contributed by atoms with E-state index in [2.05, 4.69) is 4.98 Å². The highest BCUT2D eigenvalue weighted by molar-refractivity contribution is 6.29. The second-order valence-corrected chi connectivity index (χ2v) is 4.93. The molecule has 1 saturated carbocycles. The second-order valence-electron chi connectivity index (χ2n) is 4.54. The third-order valence-corrected chi connectivity index (χ3v) is 3.14. The van der Waals surface area contributed by atoms with Crippen LogP contribution in [-0.2, 0) is 0 Å². The van der Waals surface area contributed by atoms with E-state index >= 15 is 0 Å². The van der Waals surface area contributed by atoms with Crippen LogP contribution in [-0.4, -0.2) is 16.9 Å². The molecule has 0 saturated heterocycles. The average molecular weight is 274 g/mol. The maximum Gasteiger partial charge on any atom is 0.193 e. The number of hydrogen-bond acceptors (Lipinski definition) is 3. The molecule has 1 aliphatic rings. The third-order valence-electron chi connectivity index (χ3n) is 2.93. The van der Waals surface area contributed by atoms with Crippen LogP contribution < -0.4 is 4.74 Å². The summed E-state index contributed by atoms with van der Waals surface area (Å²) < 4.78 is 5.64. The Balaban J connectivity index is 1.79. The van der Waals surface area contributed by atoms with Gasteiger partial charge in [-0.05, 0) is 49.2 Å². The Morgan fingerprint density at radius 2 is 1.89 bits per heavy atom. The fraction of sp³-hybridized carbons (Fsp3) is 0.200. The minimum atomic E-state index is -0.0673. The highest BCUT2D eigenvalue weighted by atomic mass is 35.5. The molecule has 4 heteroatoms. The highest BCUT2D eigenvalue weighted by Gasteiger charge is 2.23. The van der Waals surface area contributed by atoms with Crippen molar-refractivity contribution >= 4 is 17.4 Å². The monoisotopic (exact) mass is 273 g/mol. The first-order chi connectivity index (χ1) is 9.22. The summed E-state index contributed by atoms with van der Waals surface area (Å²) in [6.45, 7) is 0. The molecule has 2 aromatic rings. The minimum Gasteiger partial charge on any atom is -0.490 e. The van der Waals surface area contributed by atoms with E-state index in [1.54, 1.807) is 24.3 Å². The van der Waals surface area contributed by atoms with E-state index in [0.29, 0.717) is 22.4 Å². The number of carbonyl (C=O) groups excluding carboxylic acids is 1. The number of hydrogen-bond donors (Lipinski definition) is 0. The summed E-state index contributed by atoms with van der Waals surface area (Å²) in [5, 5.41) is 0.319. The zero-order valence-electron chi connectivity index (χ0n) is 10.2. The number of nitrogens with zero attached hydrogens (tertiary/aromatic N) is 1. The Morgan fingerprint density at radius 3 is 2.53 bits per heavy atom. The van der Waals surface area contributed by atoms with Crippen LogP contribution in [0.15, 0.2) is 42.6 Å². The minimum absolute atomic E-state index is 0.0673. The molecule has 1 heterocycles. The Bertz CT molecular complexity index is 606. The molecule has 3 rings (SSSR count). The lowest BCUT2D eigenvalue weighted by Gasteiger charge is -2.05. The lowest BCUT2D eigenvalue weighted by Crippen LogP contribution is -2.02. The lowest BCUT2D eigenvalue weighted by atomic mass is 10.0. The molecule has 0 spiro atoms. The molecule has 0 radical (unpaired) electrons. The Morgan fingerprint density at radius 1 is 1.16 bits per heavy atom. The van der Waals surface area contributed by atoms with Crippen LogP contribution >= 0.6 is 11.6 Å². The van der Waals surface area contributed by atoms with E-state index in [1.807, 2.05) is 12.1 Å². The summed E-state index contributed by atoms with van der Waals surface area (Å²) in [4.78, 5) is 16.1. The van der Waals surface area contributed by atoms with E-state index in [1.165, 1.54) is 6.20 Å². The Hall–Kier alpha value is -1.87. The molecule has 1 fully saturated rings. The summed E-state index contributed by atoms with van der Waals surface area (Å²) in [5.41, 5.74) is 1.15. The summed E-state index contributed by atoms with van der Waals surface area (Å²) >= 11 is 5.78. The van der Waals surface area contributed by atoms with Gasteiger partial charge in [-0.2, -0.15) is 0 Å².